The van der Waals surface area contributed by atoms with Gasteiger partial charge in [0.25, 0.3) is 0 Å². The zero-order valence-corrected chi connectivity index (χ0v) is 10.4. The standard InChI is InChI=1S/C10H23NO2S/c1-4-7-14(12,13)8-6-11-9-10(3)5-2/h10-11H,4-9H2,1-3H3. The molecule has 14 heavy (non-hydrogen) atoms. The van der Waals surface area contributed by atoms with Crippen LogP contribution in [0.5, 0.6) is 0 Å². The number of hydrogen-bond donors (Lipinski definition) is 1. The molecule has 1 atom stereocenters. The van der Waals surface area contributed by atoms with Gasteiger partial charge in [-0.1, -0.05) is 27.2 Å². The average Bonchev–Trinajstić information content (AvgIpc) is 2.12. The average molecular weight is 221 g/mol. The molecule has 0 amide bonds. The van der Waals surface area contributed by atoms with Gasteiger partial charge in [-0.3, -0.25) is 0 Å². The molecule has 86 valence electrons. The Morgan fingerprint density at radius 3 is 2.36 bits per heavy atom. The first-order chi connectivity index (χ1) is 6.52. The summed E-state index contributed by atoms with van der Waals surface area (Å²) in [4.78, 5) is 0. The number of rotatable bonds is 8. The summed E-state index contributed by atoms with van der Waals surface area (Å²) in [5.41, 5.74) is 0. The van der Waals surface area contributed by atoms with Crippen molar-refractivity contribution >= 4 is 9.84 Å². The van der Waals surface area contributed by atoms with E-state index in [1.54, 1.807) is 0 Å². The zero-order chi connectivity index (χ0) is 11.0. The van der Waals surface area contributed by atoms with Crippen molar-refractivity contribution in [1.82, 2.24) is 5.32 Å². The van der Waals surface area contributed by atoms with Crippen LogP contribution in [-0.2, 0) is 9.84 Å². The maximum absolute atomic E-state index is 11.3. The molecule has 1 unspecified atom stereocenters. The van der Waals surface area contributed by atoms with Gasteiger partial charge in [0.2, 0.25) is 0 Å². The van der Waals surface area contributed by atoms with Crippen molar-refractivity contribution in [2.24, 2.45) is 5.92 Å². The lowest BCUT2D eigenvalue weighted by Crippen LogP contribution is -2.27. The van der Waals surface area contributed by atoms with Crippen LogP contribution in [-0.4, -0.2) is 33.0 Å². The maximum Gasteiger partial charge on any atom is 0.151 e. The van der Waals surface area contributed by atoms with E-state index in [1.807, 2.05) is 6.92 Å². The van der Waals surface area contributed by atoms with E-state index >= 15 is 0 Å². The van der Waals surface area contributed by atoms with E-state index in [-0.39, 0.29) is 5.75 Å². The smallest absolute Gasteiger partial charge is 0.151 e. The highest BCUT2D eigenvalue weighted by Crippen LogP contribution is 1.97. The molecule has 0 saturated heterocycles. The fourth-order valence-corrected chi connectivity index (χ4v) is 2.42. The summed E-state index contributed by atoms with van der Waals surface area (Å²) in [6, 6.07) is 0. The highest BCUT2D eigenvalue weighted by atomic mass is 32.2. The lowest BCUT2D eigenvalue weighted by molar-refractivity contribution is 0.507. The second kappa shape index (κ2) is 7.23. The Hall–Kier alpha value is -0.0900. The second-order valence-corrected chi connectivity index (χ2v) is 6.17. The molecule has 0 saturated carbocycles. The fourth-order valence-electron chi connectivity index (χ4n) is 1.13. The number of hydrogen-bond acceptors (Lipinski definition) is 3. The summed E-state index contributed by atoms with van der Waals surface area (Å²) < 4.78 is 22.6. The Morgan fingerprint density at radius 2 is 1.86 bits per heavy atom. The Labute approximate surface area is 88.2 Å². The van der Waals surface area contributed by atoms with Gasteiger partial charge in [-0.25, -0.2) is 8.42 Å². The van der Waals surface area contributed by atoms with Gasteiger partial charge in [0.05, 0.1) is 5.75 Å². The highest BCUT2D eigenvalue weighted by molar-refractivity contribution is 7.91. The van der Waals surface area contributed by atoms with Gasteiger partial charge in [0, 0.05) is 12.3 Å². The van der Waals surface area contributed by atoms with Crippen molar-refractivity contribution in [2.45, 2.75) is 33.6 Å². The van der Waals surface area contributed by atoms with Gasteiger partial charge < -0.3 is 5.32 Å². The molecule has 0 spiro atoms. The van der Waals surface area contributed by atoms with Crippen LogP contribution in [0.4, 0.5) is 0 Å². The Morgan fingerprint density at radius 1 is 1.21 bits per heavy atom. The van der Waals surface area contributed by atoms with Gasteiger partial charge in [0.15, 0.2) is 9.84 Å². The van der Waals surface area contributed by atoms with E-state index in [1.165, 1.54) is 0 Å². The molecule has 0 rings (SSSR count). The summed E-state index contributed by atoms with van der Waals surface area (Å²) in [6.45, 7) is 7.70. The van der Waals surface area contributed by atoms with Crippen LogP contribution in [0.25, 0.3) is 0 Å². The summed E-state index contributed by atoms with van der Waals surface area (Å²) in [5.74, 6) is 1.22. The fraction of sp³-hybridized carbons (Fsp3) is 1.00. The first kappa shape index (κ1) is 13.9. The quantitative estimate of drug-likeness (QED) is 0.631. The number of sulfone groups is 1. The monoisotopic (exact) mass is 221 g/mol. The molecule has 0 heterocycles. The van der Waals surface area contributed by atoms with Gasteiger partial charge in [-0.05, 0) is 18.9 Å². The first-order valence-electron chi connectivity index (χ1n) is 5.43. The van der Waals surface area contributed by atoms with Crippen LogP contribution < -0.4 is 5.32 Å². The van der Waals surface area contributed by atoms with Gasteiger partial charge in [0.1, 0.15) is 0 Å². The Kier molecular flexibility index (Phi) is 7.19. The summed E-state index contributed by atoms with van der Waals surface area (Å²) in [7, 11) is -2.80. The highest BCUT2D eigenvalue weighted by Gasteiger charge is 2.08. The van der Waals surface area contributed by atoms with Gasteiger partial charge in [-0.2, -0.15) is 0 Å². The first-order valence-corrected chi connectivity index (χ1v) is 7.25. The van der Waals surface area contributed by atoms with E-state index < -0.39 is 9.84 Å². The SMILES string of the molecule is CCCS(=O)(=O)CCNCC(C)CC. The molecule has 0 aromatic rings. The van der Waals surface area contributed by atoms with Gasteiger partial charge in [-0.15, -0.1) is 0 Å². The normalized spacial score (nSPS) is 14.2. The molecule has 0 aliphatic carbocycles. The number of nitrogens with one attached hydrogen (secondary N) is 1. The molecule has 0 aromatic carbocycles. The van der Waals surface area contributed by atoms with Crippen molar-refractivity contribution in [2.75, 3.05) is 24.6 Å². The van der Waals surface area contributed by atoms with E-state index in [4.69, 9.17) is 0 Å². The maximum atomic E-state index is 11.3. The Bertz CT molecular complexity index is 224. The van der Waals surface area contributed by atoms with E-state index in [0.717, 1.165) is 13.0 Å². The summed E-state index contributed by atoms with van der Waals surface area (Å²) >= 11 is 0. The van der Waals surface area contributed by atoms with Crippen LogP contribution in [0.15, 0.2) is 0 Å². The molecule has 4 heteroatoms. The van der Waals surface area contributed by atoms with Crippen LogP contribution in [0.3, 0.4) is 0 Å². The van der Waals surface area contributed by atoms with Crippen LogP contribution >= 0.6 is 0 Å². The molecule has 0 radical (unpaired) electrons. The topological polar surface area (TPSA) is 46.2 Å². The van der Waals surface area contributed by atoms with E-state index in [9.17, 15) is 8.42 Å². The molecule has 0 fully saturated rings. The van der Waals surface area contributed by atoms with Crippen LogP contribution in [0.2, 0.25) is 0 Å². The van der Waals surface area contributed by atoms with Crippen molar-refractivity contribution < 1.29 is 8.42 Å². The van der Waals surface area contributed by atoms with Crippen molar-refractivity contribution in [3.05, 3.63) is 0 Å². The van der Waals surface area contributed by atoms with Crippen molar-refractivity contribution in [3.63, 3.8) is 0 Å². The molecule has 0 aliphatic heterocycles. The third-order valence-electron chi connectivity index (χ3n) is 2.29. The molecule has 3 nitrogen and oxygen atoms in total. The predicted octanol–water partition coefficient (Wildman–Crippen LogP) is 1.45. The molecule has 1 N–H and O–H groups in total. The van der Waals surface area contributed by atoms with Crippen LogP contribution in [0.1, 0.15) is 33.6 Å². The summed E-state index contributed by atoms with van der Waals surface area (Å²) in [5, 5.41) is 3.17. The van der Waals surface area contributed by atoms with E-state index in [0.29, 0.717) is 24.6 Å². The molecule has 0 aliphatic rings. The van der Waals surface area contributed by atoms with Crippen molar-refractivity contribution in [3.8, 4) is 0 Å². The van der Waals surface area contributed by atoms with Gasteiger partial charge >= 0.3 is 0 Å². The second-order valence-electron chi connectivity index (χ2n) is 3.87. The minimum absolute atomic E-state index is 0.275. The summed E-state index contributed by atoms with van der Waals surface area (Å²) in [6.07, 6.45) is 1.85. The minimum atomic E-state index is -2.80. The third kappa shape index (κ3) is 7.33. The zero-order valence-electron chi connectivity index (χ0n) is 9.54. The van der Waals surface area contributed by atoms with Crippen molar-refractivity contribution in [1.29, 1.82) is 0 Å². The third-order valence-corrected chi connectivity index (χ3v) is 4.15. The lowest BCUT2D eigenvalue weighted by Gasteiger charge is -2.09. The Balaban J connectivity index is 3.54. The molecular formula is C10H23NO2S. The largest absolute Gasteiger partial charge is 0.315 e. The van der Waals surface area contributed by atoms with Crippen LogP contribution in [0, 0.1) is 5.92 Å². The van der Waals surface area contributed by atoms with E-state index in [2.05, 4.69) is 19.2 Å². The minimum Gasteiger partial charge on any atom is -0.315 e. The molecular weight excluding hydrogens is 198 g/mol. The predicted molar refractivity (Wildman–Crippen MR) is 61.3 cm³/mol. The molecule has 0 aromatic heterocycles. The molecule has 0 bridgehead atoms. The lowest BCUT2D eigenvalue weighted by atomic mass is 10.1.